The van der Waals surface area contributed by atoms with Gasteiger partial charge in [0.2, 0.25) is 0 Å². The van der Waals surface area contributed by atoms with Crippen molar-refractivity contribution in [2.75, 3.05) is 26.1 Å². The number of hydrogen-bond donors (Lipinski definition) is 1. The lowest BCUT2D eigenvalue weighted by molar-refractivity contribution is 0.0529. The van der Waals surface area contributed by atoms with Gasteiger partial charge in [-0.3, -0.25) is 0 Å². The number of aromatic nitrogens is 3. The highest BCUT2D eigenvalue weighted by Crippen LogP contribution is 2.28. The Bertz CT molecular complexity index is 873. The van der Waals surface area contributed by atoms with Crippen molar-refractivity contribution in [2.45, 2.75) is 13.5 Å². The number of hydrogen-bond acceptors (Lipinski definition) is 6. The molecular formula is C16H18N4O3. The Kier molecular flexibility index (Phi) is 4.12. The zero-order chi connectivity index (χ0) is 16.4. The maximum absolute atomic E-state index is 12.3. The summed E-state index contributed by atoms with van der Waals surface area (Å²) in [6.45, 7) is 2.94. The predicted octanol–water partition coefficient (Wildman–Crippen LogP) is 1.99. The second-order valence-corrected chi connectivity index (χ2v) is 5.01. The SMILES string of the molecule is CCOC(=O)c1c(N)n(CCOC)c2nc3ccccc3nc12. The Morgan fingerprint density at radius 2 is 1.96 bits per heavy atom. The second kappa shape index (κ2) is 6.21. The van der Waals surface area contributed by atoms with Crippen LogP contribution in [0.25, 0.3) is 22.2 Å². The van der Waals surface area contributed by atoms with E-state index in [-0.39, 0.29) is 12.2 Å². The van der Waals surface area contributed by atoms with E-state index >= 15 is 0 Å². The van der Waals surface area contributed by atoms with Crippen molar-refractivity contribution in [1.29, 1.82) is 0 Å². The molecule has 0 saturated heterocycles. The molecule has 0 atom stereocenters. The minimum Gasteiger partial charge on any atom is -0.462 e. The van der Waals surface area contributed by atoms with Crippen LogP contribution in [0, 0.1) is 0 Å². The Morgan fingerprint density at radius 1 is 1.26 bits per heavy atom. The van der Waals surface area contributed by atoms with Gasteiger partial charge < -0.3 is 19.8 Å². The van der Waals surface area contributed by atoms with Crippen LogP contribution >= 0.6 is 0 Å². The third-order valence-electron chi connectivity index (χ3n) is 3.59. The molecule has 0 fully saturated rings. The van der Waals surface area contributed by atoms with Crippen molar-refractivity contribution in [1.82, 2.24) is 14.5 Å². The minimum atomic E-state index is -0.490. The molecule has 2 aromatic heterocycles. The summed E-state index contributed by atoms with van der Waals surface area (Å²) in [7, 11) is 1.61. The molecule has 2 heterocycles. The van der Waals surface area contributed by atoms with Crippen molar-refractivity contribution in [3.63, 3.8) is 0 Å². The van der Waals surface area contributed by atoms with Gasteiger partial charge in [0.15, 0.2) is 5.65 Å². The van der Waals surface area contributed by atoms with Crippen molar-refractivity contribution in [3.05, 3.63) is 29.8 Å². The highest BCUT2D eigenvalue weighted by atomic mass is 16.5. The molecule has 0 bridgehead atoms. The predicted molar refractivity (Wildman–Crippen MR) is 87.3 cm³/mol. The number of nitrogens with two attached hydrogens (primary N) is 1. The summed E-state index contributed by atoms with van der Waals surface area (Å²) in [4.78, 5) is 21.5. The van der Waals surface area contributed by atoms with E-state index < -0.39 is 5.97 Å². The summed E-state index contributed by atoms with van der Waals surface area (Å²) in [5.74, 6) is -0.193. The van der Waals surface area contributed by atoms with Gasteiger partial charge in [-0.05, 0) is 19.1 Å². The van der Waals surface area contributed by atoms with Gasteiger partial charge in [0.05, 0.1) is 24.2 Å². The van der Waals surface area contributed by atoms with Crippen molar-refractivity contribution in [3.8, 4) is 0 Å². The fraction of sp³-hybridized carbons (Fsp3) is 0.312. The standard InChI is InChI=1S/C16H18N4O3/c1-3-23-16(21)12-13-15(20(14(12)17)8-9-22-2)19-11-7-5-4-6-10(11)18-13/h4-7H,3,8-9,17H2,1-2H3. The van der Waals surface area contributed by atoms with Gasteiger partial charge in [0.25, 0.3) is 0 Å². The van der Waals surface area contributed by atoms with E-state index in [4.69, 9.17) is 15.2 Å². The smallest absolute Gasteiger partial charge is 0.344 e. The van der Waals surface area contributed by atoms with E-state index in [9.17, 15) is 4.79 Å². The molecule has 0 amide bonds. The lowest BCUT2D eigenvalue weighted by Crippen LogP contribution is -2.11. The Balaban J connectivity index is 2.29. The first-order valence-corrected chi connectivity index (χ1v) is 7.37. The minimum absolute atomic E-state index is 0.260. The molecular weight excluding hydrogens is 296 g/mol. The number of para-hydroxylation sites is 2. The first kappa shape index (κ1) is 15.2. The first-order chi connectivity index (χ1) is 11.2. The topological polar surface area (TPSA) is 92.3 Å². The molecule has 0 aliphatic rings. The van der Waals surface area contributed by atoms with Crippen molar-refractivity contribution >= 4 is 34.0 Å². The third-order valence-corrected chi connectivity index (χ3v) is 3.59. The molecule has 7 nitrogen and oxygen atoms in total. The quantitative estimate of drug-likeness (QED) is 0.724. The van der Waals surface area contributed by atoms with E-state index in [1.807, 2.05) is 24.3 Å². The molecule has 0 spiro atoms. The fourth-order valence-electron chi connectivity index (χ4n) is 2.53. The van der Waals surface area contributed by atoms with E-state index in [0.29, 0.717) is 35.7 Å². The summed E-state index contributed by atoms with van der Waals surface area (Å²) >= 11 is 0. The third kappa shape index (κ3) is 2.59. The molecule has 2 N–H and O–H groups in total. The van der Waals surface area contributed by atoms with E-state index in [1.54, 1.807) is 18.6 Å². The van der Waals surface area contributed by atoms with Gasteiger partial charge >= 0.3 is 5.97 Å². The number of rotatable bonds is 5. The number of anilines is 1. The van der Waals surface area contributed by atoms with Crippen LogP contribution < -0.4 is 5.73 Å². The molecule has 3 aromatic rings. The van der Waals surface area contributed by atoms with Crippen LogP contribution in [-0.2, 0) is 16.0 Å². The van der Waals surface area contributed by atoms with Crippen LogP contribution in [0.3, 0.4) is 0 Å². The molecule has 120 valence electrons. The Hall–Kier alpha value is -2.67. The Morgan fingerprint density at radius 3 is 2.61 bits per heavy atom. The maximum atomic E-state index is 12.3. The monoisotopic (exact) mass is 314 g/mol. The van der Waals surface area contributed by atoms with Crippen molar-refractivity contribution in [2.24, 2.45) is 0 Å². The number of benzene rings is 1. The Labute approximate surface area is 133 Å². The highest BCUT2D eigenvalue weighted by molar-refractivity contribution is 6.08. The normalized spacial score (nSPS) is 11.2. The second-order valence-electron chi connectivity index (χ2n) is 5.01. The number of nitrogen functional groups attached to an aromatic ring is 1. The molecule has 0 aliphatic heterocycles. The number of fused-ring (bicyclic) bond motifs is 2. The number of esters is 1. The average Bonchev–Trinajstić information content (AvgIpc) is 2.82. The highest BCUT2D eigenvalue weighted by Gasteiger charge is 2.24. The van der Waals surface area contributed by atoms with Crippen LogP contribution in [0.2, 0.25) is 0 Å². The molecule has 7 heteroatoms. The van der Waals surface area contributed by atoms with E-state index in [2.05, 4.69) is 9.97 Å². The molecule has 0 saturated carbocycles. The van der Waals surface area contributed by atoms with Gasteiger partial charge in [0, 0.05) is 13.7 Å². The summed E-state index contributed by atoms with van der Waals surface area (Å²) in [5.41, 5.74) is 8.89. The number of carbonyl (C=O) groups is 1. The van der Waals surface area contributed by atoms with E-state index in [1.165, 1.54) is 0 Å². The van der Waals surface area contributed by atoms with Crippen LogP contribution in [-0.4, -0.2) is 40.8 Å². The van der Waals surface area contributed by atoms with Crippen molar-refractivity contribution < 1.29 is 14.3 Å². The zero-order valence-electron chi connectivity index (χ0n) is 13.1. The van der Waals surface area contributed by atoms with Crippen LogP contribution in [0.4, 0.5) is 5.82 Å². The first-order valence-electron chi connectivity index (χ1n) is 7.37. The average molecular weight is 314 g/mol. The fourth-order valence-corrected chi connectivity index (χ4v) is 2.53. The summed E-state index contributed by atoms with van der Waals surface area (Å²) in [6.07, 6.45) is 0. The lowest BCUT2D eigenvalue weighted by atomic mass is 10.2. The summed E-state index contributed by atoms with van der Waals surface area (Å²) < 4.78 is 12.0. The maximum Gasteiger partial charge on any atom is 0.344 e. The molecule has 0 radical (unpaired) electrons. The molecule has 0 aliphatic carbocycles. The van der Waals surface area contributed by atoms with E-state index in [0.717, 1.165) is 5.52 Å². The summed E-state index contributed by atoms with van der Waals surface area (Å²) in [6, 6.07) is 7.48. The molecule has 1 aromatic carbocycles. The molecule has 23 heavy (non-hydrogen) atoms. The zero-order valence-corrected chi connectivity index (χ0v) is 13.1. The van der Waals surface area contributed by atoms with Crippen LogP contribution in [0.5, 0.6) is 0 Å². The summed E-state index contributed by atoms with van der Waals surface area (Å²) in [5, 5.41) is 0. The number of carbonyl (C=O) groups excluding carboxylic acids is 1. The lowest BCUT2D eigenvalue weighted by Gasteiger charge is -2.06. The van der Waals surface area contributed by atoms with Gasteiger partial charge in [0.1, 0.15) is 16.9 Å². The number of nitrogens with zero attached hydrogens (tertiary/aromatic N) is 3. The van der Waals surface area contributed by atoms with Crippen LogP contribution in [0.15, 0.2) is 24.3 Å². The molecule has 3 rings (SSSR count). The number of ether oxygens (including phenoxy) is 2. The van der Waals surface area contributed by atoms with Gasteiger partial charge in [-0.1, -0.05) is 12.1 Å². The number of methoxy groups -OCH3 is 1. The largest absolute Gasteiger partial charge is 0.462 e. The van der Waals surface area contributed by atoms with Gasteiger partial charge in [-0.25, -0.2) is 14.8 Å². The molecule has 0 unspecified atom stereocenters. The van der Waals surface area contributed by atoms with Gasteiger partial charge in [-0.15, -0.1) is 0 Å². The van der Waals surface area contributed by atoms with Gasteiger partial charge in [-0.2, -0.15) is 0 Å². The van der Waals surface area contributed by atoms with Crippen LogP contribution in [0.1, 0.15) is 17.3 Å².